The summed E-state index contributed by atoms with van der Waals surface area (Å²) in [5.74, 6) is 1.57. The molecule has 0 N–H and O–H groups in total. The first-order valence-electron chi connectivity index (χ1n) is 10.6. The third kappa shape index (κ3) is 4.38. The lowest BCUT2D eigenvalue weighted by atomic mass is 9.99. The van der Waals surface area contributed by atoms with Crippen LogP contribution in [0.2, 0.25) is 0 Å². The van der Waals surface area contributed by atoms with Crippen LogP contribution in [0.3, 0.4) is 0 Å². The number of ether oxygens (including phenoxy) is 1. The summed E-state index contributed by atoms with van der Waals surface area (Å²) in [6.07, 6.45) is 0. The second kappa shape index (κ2) is 8.76. The number of methoxy groups -OCH3 is 1. The molecule has 4 rings (SSSR count). The van der Waals surface area contributed by atoms with Crippen molar-refractivity contribution in [3.8, 4) is 17.0 Å². The Hall–Kier alpha value is -3.41. The monoisotopic (exact) mass is 416 g/mol. The lowest BCUT2D eigenvalue weighted by Crippen LogP contribution is -2.49. The summed E-state index contributed by atoms with van der Waals surface area (Å²) < 4.78 is 5.23. The molecule has 1 aromatic heterocycles. The summed E-state index contributed by atoms with van der Waals surface area (Å²) >= 11 is 0. The van der Waals surface area contributed by atoms with Crippen LogP contribution in [0.4, 0.5) is 5.82 Å². The number of carbonyl (C=O) groups is 1. The van der Waals surface area contributed by atoms with E-state index < -0.39 is 0 Å². The molecular weight excluding hydrogens is 388 g/mol. The Kier molecular flexibility index (Phi) is 5.89. The highest BCUT2D eigenvalue weighted by Gasteiger charge is 2.23. The molecule has 2 aromatic carbocycles. The van der Waals surface area contributed by atoms with Crippen LogP contribution in [-0.2, 0) is 0 Å². The Morgan fingerprint density at radius 2 is 1.61 bits per heavy atom. The van der Waals surface area contributed by atoms with Gasteiger partial charge in [0.05, 0.1) is 12.8 Å². The predicted molar refractivity (Wildman–Crippen MR) is 123 cm³/mol. The van der Waals surface area contributed by atoms with Crippen LogP contribution in [0, 0.1) is 20.8 Å². The Labute approximate surface area is 183 Å². The first-order valence-corrected chi connectivity index (χ1v) is 10.6. The summed E-state index contributed by atoms with van der Waals surface area (Å²) in [4.78, 5) is 16.9. The van der Waals surface area contributed by atoms with Crippen LogP contribution in [0.1, 0.15) is 27.0 Å². The Balaban J connectivity index is 1.42. The molecule has 0 spiro atoms. The minimum atomic E-state index is 0.0326. The fourth-order valence-electron chi connectivity index (χ4n) is 3.95. The predicted octanol–water partition coefficient (Wildman–Crippen LogP) is 4.04. The topological polar surface area (TPSA) is 58.6 Å². The number of nitrogens with zero attached hydrogens (tertiary/aromatic N) is 4. The zero-order chi connectivity index (χ0) is 22.0. The van der Waals surface area contributed by atoms with Crippen molar-refractivity contribution in [1.29, 1.82) is 0 Å². The zero-order valence-electron chi connectivity index (χ0n) is 18.6. The van der Waals surface area contributed by atoms with Gasteiger partial charge in [0.2, 0.25) is 0 Å². The molecule has 6 heteroatoms. The standard InChI is InChI=1S/C25H28N4O2/c1-17-14-19(3)22(15-18(17)2)23-8-9-24(27-26-23)28-10-12-29(13-11-28)25(30)20-6-5-7-21(16-20)31-4/h5-9,14-16H,10-13H2,1-4H3. The van der Waals surface area contributed by atoms with Gasteiger partial charge in [0, 0.05) is 37.3 Å². The third-order valence-electron chi connectivity index (χ3n) is 5.97. The molecule has 1 amide bonds. The highest BCUT2D eigenvalue weighted by molar-refractivity contribution is 5.94. The molecule has 1 aliphatic heterocycles. The van der Waals surface area contributed by atoms with Gasteiger partial charge in [0.25, 0.3) is 5.91 Å². The number of amides is 1. The zero-order valence-corrected chi connectivity index (χ0v) is 18.6. The number of aryl methyl sites for hydroxylation is 3. The fourth-order valence-corrected chi connectivity index (χ4v) is 3.95. The van der Waals surface area contributed by atoms with Crippen molar-refractivity contribution in [2.75, 3.05) is 38.2 Å². The summed E-state index contributed by atoms with van der Waals surface area (Å²) in [5.41, 5.74) is 6.40. The highest BCUT2D eigenvalue weighted by Crippen LogP contribution is 2.26. The number of piperazine rings is 1. The molecule has 6 nitrogen and oxygen atoms in total. The molecule has 31 heavy (non-hydrogen) atoms. The van der Waals surface area contributed by atoms with E-state index in [1.807, 2.05) is 35.2 Å². The first-order chi connectivity index (χ1) is 15.0. The van der Waals surface area contributed by atoms with E-state index in [0.717, 1.165) is 30.2 Å². The van der Waals surface area contributed by atoms with Gasteiger partial charge < -0.3 is 14.5 Å². The van der Waals surface area contributed by atoms with Gasteiger partial charge in [-0.15, -0.1) is 10.2 Å². The summed E-state index contributed by atoms with van der Waals surface area (Å²) in [6.45, 7) is 9.10. The first kappa shape index (κ1) is 20.8. The van der Waals surface area contributed by atoms with Crippen LogP contribution < -0.4 is 9.64 Å². The Morgan fingerprint density at radius 3 is 2.29 bits per heavy atom. The summed E-state index contributed by atoms with van der Waals surface area (Å²) in [7, 11) is 1.61. The molecule has 0 atom stereocenters. The number of rotatable bonds is 4. The quantitative estimate of drug-likeness (QED) is 0.642. The Bertz CT molecular complexity index is 1090. The second-order valence-corrected chi connectivity index (χ2v) is 8.04. The molecule has 1 aliphatic rings. The van der Waals surface area contributed by atoms with Crippen molar-refractivity contribution in [3.63, 3.8) is 0 Å². The van der Waals surface area contributed by atoms with E-state index in [9.17, 15) is 4.79 Å². The van der Waals surface area contributed by atoms with Gasteiger partial charge in [-0.05, 0) is 73.9 Å². The average molecular weight is 417 g/mol. The van der Waals surface area contributed by atoms with Crippen LogP contribution in [-0.4, -0.2) is 54.3 Å². The molecule has 160 valence electrons. The number of hydrogen-bond acceptors (Lipinski definition) is 5. The smallest absolute Gasteiger partial charge is 0.254 e. The van der Waals surface area contributed by atoms with Crippen molar-refractivity contribution >= 4 is 11.7 Å². The molecule has 0 radical (unpaired) electrons. The van der Waals surface area contributed by atoms with Gasteiger partial charge in [-0.2, -0.15) is 0 Å². The minimum absolute atomic E-state index is 0.0326. The van der Waals surface area contributed by atoms with E-state index >= 15 is 0 Å². The van der Waals surface area contributed by atoms with Crippen LogP contribution in [0.5, 0.6) is 5.75 Å². The van der Waals surface area contributed by atoms with Gasteiger partial charge in [-0.1, -0.05) is 12.1 Å². The normalized spacial score (nSPS) is 13.9. The van der Waals surface area contributed by atoms with E-state index in [4.69, 9.17) is 4.74 Å². The highest BCUT2D eigenvalue weighted by atomic mass is 16.5. The van der Waals surface area contributed by atoms with E-state index in [1.54, 1.807) is 13.2 Å². The maximum atomic E-state index is 12.8. The molecular formula is C25H28N4O2. The number of carbonyl (C=O) groups excluding carboxylic acids is 1. The number of aromatic nitrogens is 2. The van der Waals surface area contributed by atoms with Crippen LogP contribution >= 0.6 is 0 Å². The molecule has 2 heterocycles. The number of anilines is 1. The fraction of sp³-hybridized carbons (Fsp3) is 0.320. The Morgan fingerprint density at radius 1 is 0.871 bits per heavy atom. The van der Waals surface area contributed by atoms with E-state index in [2.05, 4.69) is 48.0 Å². The maximum absolute atomic E-state index is 12.8. The van der Waals surface area contributed by atoms with Gasteiger partial charge in [-0.3, -0.25) is 4.79 Å². The second-order valence-electron chi connectivity index (χ2n) is 8.04. The van der Waals surface area contributed by atoms with E-state index in [1.165, 1.54) is 16.7 Å². The lowest BCUT2D eigenvalue weighted by molar-refractivity contribution is 0.0746. The summed E-state index contributed by atoms with van der Waals surface area (Å²) in [5, 5.41) is 8.97. The molecule has 0 aliphatic carbocycles. The van der Waals surface area contributed by atoms with Crippen molar-refractivity contribution in [2.24, 2.45) is 0 Å². The van der Waals surface area contributed by atoms with Gasteiger partial charge >= 0.3 is 0 Å². The molecule has 1 saturated heterocycles. The maximum Gasteiger partial charge on any atom is 0.254 e. The minimum Gasteiger partial charge on any atom is -0.497 e. The summed E-state index contributed by atoms with van der Waals surface area (Å²) in [6, 6.07) is 15.7. The van der Waals surface area contributed by atoms with Gasteiger partial charge in [-0.25, -0.2) is 0 Å². The average Bonchev–Trinajstić information content (AvgIpc) is 2.81. The van der Waals surface area contributed by atoms with Crippen molar-refractivity contribution in [2.45, 2.75) is 20.8 Å². The largest absolute Gasteiger partial charge is 0.497 e. The van der Waals surface area contributed by atoms with Crippen LogP contribution in [0.15, 0.2) is 48.5 Å². The van der Waals surface area contributed by atoms with Gasteiger partial charge in [0.1, 0.15) is 5.75 Å². The molecule has 0 bridgehead atoms. The van der Waals surface area contributed by atoms with E-state index in [-0.39, 0.29) is 5.91 Å². The molecule has 3 aromatic rings. The van der Waals surface area contributed by atoms with Gasteiger partial charge in [0.15, 0.2) is 5.82 Å². The van der Waals surface area contributed by atoms with Crippen molar-refractivity contribution < 1.29 is 9.53 Å². The molecule has 1 fully saturated rings. The number of hydrogen-bond donors (Lipinski definition) is 0. The molecule has 0 saturated carbocycles. The number of benzene rings is 2. The van der Waals surface area contributed by atoms with Crippen LogP contribution in [0.25, 0.3) is 11.3 Å². The SMILES string of the molecule is COc1cccc(C(=O)N2CCN(c3ccc(-c4cc(C)c(C)cc4C)nn3)CC2)c1. The third-order valence-corrected chi connectivity index (χ3v) is 5.97. The van der Waals surface area contributed by atoms with E-state index in [0.29, 0.717) is 24.4 Å². The van der Waals surface area contributed by atoms with Crippen molar-refractivity contribution in [3.05, 3.63) is 70.8 Å². The van der Waals surface area contributed by atoms with Crippen molar-refractivity contribution in [1.82, 2.24) is 15.1 Å². The molecule has 0 unspecified atom stereocenters. The lowest BCUT2D eigenvalue weighted by Gasteiger charge is -2.35.